The maximum Gasteiger partial charge on any atom is 0.334 e. The lowest BCUT2D eigenvalue weighted by atomic mass is 10.3. The number of carbonyl (C=O) groups excluding carboxylic acids is 1. The summed E-state index contributed by atoms with van der Waals surface area (Å²) in [6.45, 7) is 5.67. The van der Waals surface area contributed by atoms with Crippen molar-refractivity contribution in [3.63, 3.8) is 0 Å². The van der Waals surface area contributed by atoms with Crippen LogP contribution in [0.2, 0.25) is 0 Å². The van der Waals surface area contributed by atoms with E-state index in [2.05, 4.69) is 11.9 Å². The molecule has 1 saturated heterocycles. The zero-order valence-electron chi connectivity index (χ0n) is 10.8. The van der Waals surface area contributed by atoms with E-state index in [1.54, 1.807) is 6.08 Å². The fourth-order valence-electron chi connectivity index (χ4n) is 1.59. The van der Waals surface area contributed by atoms with Gasteiger partial charge >= 0.3 is 12.0 Å². The maximum atomic E-state index is 11.7. The number of urea groups is 1. The minimum absolute atomic E-state index is 0.0679. The Kier molecular flexibility index (Phi) is 6.91. The molecule has 0 aromatic heterocycles. The van der Waals surface area contributed by atoms with Gasteiger partial charge in [0.25, 0.3) is 0 Å². The molecule has 0 radical (unpaired) electrons. The zero-order chi connectivity index (χ0) is 14.1. The number of morpholine rings is 1. The van der Waals surface area contributed by atoms with E-state index in [1.807, 2.05) is 0 Å². The first-order valence-electron chi connectivity index (χ1n) is 6.21. The highest BCUT2D eigenvalue weighted by Crippen LogP contribution is 2.05. The van der Waals surface area contributed by atoms with Gasteiger partial charge in [-0.15, -0.1) is 6.58 Å². The van der Waals surface area contributed by atoms with E-state index in [0.717, 1.165) is 6.42 Å². The molecule has 1 rings (SSSR count). The normalized spacial score (nSPS) is 18.9. The van der Waals surface area contributed by atoms with Crippen LogP contribution < -0.4 is 5.32 Å². The number of carbonyl (C=O) groups is 2. The van der Waals surface area contributed by atoms with Crippen LogP contribution in [0.1, 0.15) is 6.42 Å². The Morgan fingerprint density at radius 2 is 2.32 bits per heavy atom. The average molecular weight is 272 g/mol. The first kappa shape index (κ1) is 15.5. The molecular weight excluding hydrogens is 252 g/mol. The van der Waals surface area contributed by atoms with Gasteiger partial charge in [-0.25, -0.2) is 9.59 Å². The average Bonchev–Trinajstić information content (AvgIpc) is 2.42. The smallest absolute Gasteiger partial charge is 0.334 e. The van der Waals surface area contributed by atoms with Crippen molar-refractivity contribution in [1.29, 1.82) is 0 Å². The Morgan fingerprint density at radius 3 is 3.00 bits per heavy atom. The highest BCUT2D eigenvalue weighted by molar-refractivity contribution is 5.77. The summed E-state index contributed by atoms with van der Waals surface area (Å²) in [6, 6.07) is -0.290. The van der Waals surface area contributed by atoms with Crippen molar-refractivity contribution in [2.24, 2.45) is 0 Å². The summed E-state index contributed by atoms with van der Waals surface area (Å²) in [6.07, 6.45) is 1.60. The molecule has 7 nitrogen and oxygen atoms in total. The van der Waals surface area contributed by atoms with Gasteiger partial charge in [0, 0.05) is 13.1 Å². The van der Waals surface area contributed by atoms with E-state index in [4.69, 9.17) is 14.6 Å². The fourth-order valence-corrected chi connectivity index (χ4v) is 1.59. The molecule has 0 aromatic rings. The second-order valence-corrected chi connectivity index (χ2v) is 4.07. The second-order valence-electron chi connectivity index (χ2n) is 4.07. The predicted octanol–water partition coefficient (Wildman–Crippen LogP) is 0.0741. The lowest BCUT2D eigenvalue weighted by Crippen LogP contribution is -2.52. The van der Waals surface area contributed by atoms with E-state index in [1.165, 1.54) is 4.90 Å². The summed E-state index contributed by atoms with van der Waals surface area (Å²) in [7, 11) is 0. The van der Waals surface area contributed by atoms with Gasteiger partial charge in [0.2, 0.25) is 0 Å². The van der Waals surface area contributed by atoms with Crippen LogP contribution in [0.15, 0.2) is 12.7 Å². The number of aliphatic carboxylic acids is 1. The van der Waals surface area contributed by atoms with Gasteiger partial charge in [-0.2, -0.15) is 0 Å². The van der Waals surface area contributed by atoms with E-state index in [0.29, 0.717) is 26.3 Å². The van der Waals surface area contributed by atoms with Crippen LogP contribution in [-0.4, -0.2) is 67.6 Å². The van der Waals surface area contributed by atoms with Crippen LogP contribution in [-0.2, 0) is 14.3 Å². The van der Waals surface area contributed by atoms with Gasteiger partial charge in [0.1, 0.15) is 0 Å². The summed E-state index contributed by atoms with van der Waals surface area (Å²) in [5, 5.41) is 11.5. The van der Waals surface area contributed by atoms with E-state index >= 15 is 0 Å². The summed E-state index contributed by atoms with van der Waals surface area (Å²) < 4.78 is 10.3. The molecule has 1 aliphatic rings. The van der Waals surface area contributed by atoms with Crippen LogP contribution in [0, 0.1) is 0 Å². The summed E-state index contributed by atoms with van der Waals surface area (Å²) in [4.78, 5) is 24.0. The van der Waals surface area contributed by atoms with Crippen LogP contribution in [0.3, 0.4) is 0 Å². The fraction of sp³-hybridized carbons (Fsp3) is 0.667. The Balaban J connectivity index is 2.18. The molecule has 19 heavy (non-hydrogen) atoms. The van der Waals surface area contributed by atoms with Crippen molar-refractivity contribution in [3.8, 4) is 0 Å². The van der Waals surface area contributed by atoms with Gasteiger partial charge < -0.3 is 24.8 Å². The number of carboxylic acid groups (broad SMARTS) is 1. The molecule has 0 bridgehead atoms. The van der Waals surface area contributed by atoms with Gasteiger partial charge in [0.05, 0.1) is 26.4 Å². The molecule has 1 fully saturated rings. The monoisotopic (exact) mass is 272 g/mol. The van der Waals surface area contributed by atoms with Crippen molar-refractivity contribution < 1.29 is 24.2 Å². The van der Waals surface area contributed by atoms with Gasteiger partial charge in [-0.1, -0.05) is 6.08 Å². The minimum Gasteiger partial charge on any atom is -0.479 e. The lowest BCUT2D eigenvalue weighted by Gasteiger charge is -2.30. The highest BCUT2D eigenvalue weighted by Gasteiger charge is 2.28. The third-order valence-corrected chi connectivity index (χ3v) is 2.62. The minimum atomic E-state index is -1.05. The Labute approximate surface area is 112 Å². The molecule has 1 heterocycles. The third kappa shape index (κ3) is 5.71. The van der Waals surface area contributed by atoms with Crippen LogP contribution in [0.5, 0.6) is 0 Å². The lowest BCUT2D eigenvalue weighted by molar-refractivity contribution is -0.154. The number of nitrogens with one attached hydrogen (secondary N) is 1. The molecule has 1 aliphatic heterocycles. The molecule has 2 N–H and O–H groups in total. The topological polar surface area (TPSA) is 88.1 Å². The van der Waals surface area contributed by atoms with Gasteiger partial charge in [0.15, 0.2) is 6.10 Å². The van der Waals surface area contributed by atoms with E-state index < -0.39 is 12.1 Å². The molecule has 0 saturated carbocycles. The van der Waals surface area contributed by atoms with Crippen molar-refractivity contribution >= 4 is 12.0 Å². The van der Waals surface area contributed by atoms with Crippen molar-refractivity contribution in [2.45, 2.75) is 12.5 Å². The van der Waals surface area contributed by atoms with Crippen LogP contribution >= 0.6 is 0 Å². The molecular formula is C12H20N2O5. The SMILES string of the molecule is C=CCCOCCNC(=O)N1CCOC(C(=O)O)C1. The van der Waals surface area contributed by atoms with Gasteiger partial charge in [-0.3, -0.25) is 0 Å². The highest BCUT2D eigenvalue weighted by atomic mass is 16.5. The van der Waals surface area contributed by atoms with Gasteiger partial charge in [-0.05, 0) is 6.42 Å². The molecule has 1 unspecified atom stereocenters. The number of hydrogen-bond donors (Lipinski definition) is 2. The number of hydrogen-bond acceptors (Lipinski definition) is 4. The summed E-state index contributed by atoms with van der Waals surface area (Å²) >= 11 is 0. The number of carboxylic acids is 1. The van der Waals surface area contributed by atoms with Crippen LogP contribution in [0.25, 0.3) is 0 Å². The molecule has 108 valence electrons. The van der Waals surface area contributed by atoms with E-state index in [-0.39, 0.29) is 19.2 Å². The Hall–Kier alpha value is -1.60. The molecule has 0 aliphatic carbocycles. The van der Waals surface area contributed by atoms with Crippen molar-refractivity contribution in [2.75, 3.05) is 39.5 Å². The Morgan fingerprint density at radius 1 is 1.53 bits per heavy atom. The first-order valence-corrected chi connectivity index (χ1v) is 6.21. The standard InChI is InChI=1S/C12H20N2O5/c1-2-3-6-18-7-4-13-12(17)14-5-8-19-10(9-14)11(15)16/h2,10H,1,3-9H2,(H,13,17)(H,15,16). The maximum absolute atomic E-state index is 11.7. The number of nitrogens with zero attached hydrogens (tertiary/aromatic N) is 1. The predicted molar refractivity (Wildman–Crippen MR) is 68.0 cm³/mol. The molecule has 7 heteroatoms. The third-order valence-electron chi connectivity index (χ3n) is 2.62. The van der Waals surface area contributed by atoms with E-state index in [9.17, 15) is 9.59 Å². The summed E-state index contributed by atoms with van der Waals surface area (Å²) in [5.41, 5.74) is 0. The number of amides is 2. The van der Waals surface area contributed by atoms with Crippen LogP contribution in [0.4, 0.5) is 4.79 Å². The largest absolute Gasteiger partial charge is 0.479 e. The van der Waals surface area contributed by atoms with Crippen molar-refractivity contribution in [3.05, 3.63) is 12.7 Å². The first-order chi connectivity index (χ1) is 9.15. The number of rotatable bonds is 7. The quantitative estimate of drug-likeness (QED) is 0.506. The number of ether oxygens (including phenoxy) is 2. The molecule has 2 amide bonds. The zero-order valence-corrected chi connectivity index (χ0v) is 10.8. The molecule has 0 spiro atoms. The summed E-state index contributed by atoms with van der Waals surface area (Å²) in [5.74, 6) is -1.05. The Bertz CT molecular complexity index is 321. The second kappa shape index (κ2) is 8.49. The molecule has 0 aromatic carbocycles. The molecule has 1 atom stereocenters. The van der Waals surface area contributed by atoms with Crippen molar-refractivity contribution in [1.82, 2.24) is 10.2 Å².